The van der Waals surface area contributed by atoms with E-state index >= 15 is 0 Å². The first kappa shape index (κ1) is 23.9. The van der Waals surface area contributed by atoms with E-state index in [-0.39, 0.29) is 15.5 Å². The first-order valence-corrected chi connectivity index (χ1v) is 13.6. The van der Waals surface area contributed by atoms with Crippen molar-refractivity contribution in [2.45, 2.75) is 29.6 Å². The summed E-state index contributed by atoms with van der Waals surface area (Å²) in [6.45, 7) is 2.26. The zero-order valence-electron chi connectivity index (χ0n) is 19.1. The lowest BCUT2D eigenvalue weighted by molar-refractivity contribution is 0.392. The molecule has 0 saturated carbocycles. The third-order valence-electron chi connectivity index (χ3n) is 5.68. The summed E-state index contributed by atoms with van der Waals surface area (Å²) in [5.41, 5.74) is 2.61. The third kappa shape index (κ3) is 4.55. The SMILES string of the molecule is COc1ccc(OC)c(S(=O)(=O)Nc2ccc3c(c2)CCCN3S(=O)(=O)c2ccc(C)cc2)c1. The van der Waals surface area contributed by atoms with E-state index in [1.165, 1.54) is 30.7 Å². The largest absolute Gasteiger partial charge is 0.497 e. The quantitative estimate of drug-likeness (QED) is 0.525. The van der Waals surface area contributed by atoms with Gasteiger partial charge >= 0.3 is 0 Å². The van der Waals surface area contributed by atoms with Crippen molar-refractivity contribution in [2.75, 3.05) is 29.8 Å². The maximum atomic E-state index is 13.3. The van der Waals surface area contributed by atoms with Gasteiger partial charge in [-0.15, -0.1) is 0 Å². The second kappa shape index (κ2) is 9.19. The molecule has 180 valence electrons. The third-order valence-corrected chi connectivity index (χ3v) is 8.91. The molecule has 0 atom stereocenters. The zero-order valence-corrected chi connectivity index (χ0v) is 20.7. The van der Waals surface area contributed by atoms with Crippen LogP contribution in [0.3, 0.4) is 0 Å². The lowest BCUT2D eigenvalue weighted by atomic mass is 10.0. The van der Waals surface area contributed by atoms with Crippen LogP contribution in [-0.4, -0.2) is 37.6 Å². The van der Waals surface area contributed by atoms with Crippen molar-refractivity contribution in [3.8, 4) is 11.5 Å². The molecule has 0 amide bonds. The van der Waals surface area contributed by atoms with Crippen LogP contribution >= 0.6 is 0 Å². The standard InChI is InChI=1S/C24H26N2O6S2/c1-17-6-10-21(11-7-17)34(29,30)26-14-4-5-18-15-19(8-12-22(18)26)25-33(27,28)24-16-20(31-2)9-13-23(24)32-3/h6-13,15-16,25H,4-5,14H2,1-3H3. The molecule has 0 radical (unpaired) electrons. The number of methoxy groups -OCH3 is 2. The summed E-state index contributed by atoms with van der Waals surface area (Å²) in [6.07, 6.45) is 1.26. The number of sulfonamides is 2. The van der Waals surface area contributed by atoms with Gasteiger partial charge in [0.2, 0.25) is 0 Å². The minimum absolute atomic E-state index is 0.0596. The van der Waals surface area contributed by atoms with Crippen molar-refractivity contribution in [1.82, 2.24) is 0 Å². The molecule has 3 aromatic rings. The van der Waals surface area contributed by atoms with Gasteiger partial charge in [0.05, 0.1) is 24.8 Å². The summed E-state index contributed by atoms with van der Waals surface area (Å²) in [6, 6.07) is 16.1. The van der Waals surface area contributed by atoms with Crippen molar-refractivity contribution >= 4 is 31.4 Å². The predicted octanol–water partition coefficient (Wildman–Crippen LogP) is 3.95. The van der Waals surface area contributed by atoms with Crippen LogP contribution in [0, 0.1) is 6.92 Å². The van der Waals surface area contributed by atoms with Gasteiger partial charge in [-0.1, -0.05) is 17.7 Å². The molecular formula is C24H26N2O6S2. The Bertz CT molecular complexity index is 1420. The fraction of sp³-hybridized carbons (Fsp3) is 0.250. The smallest absolute Gasteiger partial charge is 0.265 e. The maximum Gasteiger partial charge on any atom is 0.265 e. The number of nitrogens with one attached hydrogen (secondary N) is 1. The van der Waals surface area contributed by atoms with E-state index in [1.807, 2.05) is 6.92 Å². The highest BCUT2D eigenvalue weighted by atomic mass is 32.2. The van der Waals surface area contributed by atoms with Crippen LogP contribution in [0.5, 0.6) is 11.5 Å². The van der Waals surface area contributed by atoms with Crippen LogP contribution in [-0.2, 0) is 26.5 Å². The Hall–Kier alpha value is -3.24. The number of benzene rings is 3. The topological polar surface area (TPSA) is 102 Å². The molecular weight excluding hydrogens is 476 g/mol. The average Bonchev–Trinajstić information content (AvgIpc) is 2.83. The van der Waals surface area contributed by atoms with E-state index in [1.54, 1.807) is 48.5 Å². The molecule has 8 nitrogen and oxygen atoms in total. The van der Waals surface area contributed by atoms with E-state index in [9.17, 15) is 16.8 Å². The molecule has 1 N–H and O–H groups in total. The molecule has 0 fully saturated rings. The minimum Gasteiger partial charge on any atom is -0.497 e. The summed E-state index contributed by atoms with van der Waals surface area (Å²) in [5, 5.41) is 0. The first-order valence-electron chi connectivity index (χ1n) is 10.6. The number of rotatable bonds is 7. The Kier molecular flexibility index (Phi) is 6.46. The summed E-state index contributed by atoms with van der Waals surface area (Å²) in [5.74, 6) is 0.560. The fourth-order valence-electron chi connectivity index (χ4n) is 3.92. The Labute approximate surface area is 200 Å². The van der Waals surface area contributed by atoms with Gasteiger partial charge in [0.25, 0.3) is 20.0 Å². The number of aryl methyl sites for hydroxylation is 2. The van der Waals surface area contributed by atoms with E-state index < -0.39 is 20.0 Å². The molecule has 0 spiro atoms. The van der Waals surface area contributed by atoms with Gasteiger partial charge in [0, 0.05) is 18.3 Å². The van der Waals surface area contributed by atoms with Gasteiger partial charge in [0.15, 0.2) is 0 Å². The van der Waals surface area contributed by atoms with Crippen LogP contribution < -0.4 is 18.5 Å². The van der Waals surface area contributed by atoms with Crippen LogP contribution in [0.1, 0.15) is 17.5 Å². The Balaban J connectivity index is 1.66. The van der Waals surface area contributed by atoms with Gasteiger partial charge in [-0.3, -0.25) is 9.03 Å². The summed E-state index contributed by atoms with van der Waals surface area (Å²) >= 11 is 0. The normalized spacial score (nSPS) is 13.8. The van der Waals surface area contributed by atoms with Gasteiger partial charge < -0.3 is 9.47 Å². The minimum atomic E-state index is -3.99. The highest BCUT2D eigenvalue weighted by molar-refractivity contribution is 7.93. The maximum absolute atomic E-state index is 13.3. The Morgan fingerprint density at radius 3 is 2.29 bits per heavy atom. The van der Waals surface area contributed by atoms with E-state index in [0.717, 1.165) is 11.1 Å². The van der Waals surface area contributed by atoms with Crippen LogP contribution in [0.2, 0.25) is 0 Å². The molecule has 0 saturated heterocycles. The summed E-state index contributed by atoms with van der Waals surface area (Å²) < 4.78 is 67.1. The molecule has 0 aromatic heterocycles. The number of fused-ring (bicyclic) bond motifs is 1. The monoisotopic (exact) mass is 502 g/mol. The van der Waals surface area contributed by atoms with Crippen LogP contribution in [0.15, 0.2) is 70.5 Å². The van der Waals surface area contributed by atoms with E-state index in [2.05, 4.69) is 4.72 Å². The fourth-order valence-corrected chi connectivity index (χ4v) is 6.69. The van der Waals surface area contributed by atoms with Gasteiger partial charge in [-0.25, -0.2) is 16.8 Å². The van der Waals surface area contributed by atoms with Gasteiger partial charge in [0.1, 0.15) is 16.4 Å². The predicted molar refractivity (Wildman–Crippen MR) is 131 cm³/mol. The highest BCUT2D eigenvalue weighted by Gasteiger charge is 2.29. The lowest BCUT2D eigenvalue weighted by Gasteiger charge is -2.31. The number of ether oxygens (including phenoxy) is 2. The molecule has 1 aliphatic rings. The van der Waals surface area contributed by atoms with Crippen molar-refractivity contribution in [2.24, 2.45) is 0 Å². The summed E-state index contributed by atoms with van der Waals surface area (Å²) in [7, 11) is -4.89. The highest BCUT2D eigenvalue weighted by Crippen LogP contribution is 2.35. The second-order valence-electron chi connectivity index (χ2n) is 7.96. The van der Waals surface area contributed by atoms with Crippen molar-refractivity contribution < 1.29 is 26.3 Å². The van der Waals surface area contributed by atoms with E-state index in [4.69, 9.17) is 9.47 Å². The number of nitrogens with zero attached hydrogens (tertiary/aromatic N) is 1. The lowest BCUT2D eigenvalue weighted by Crippen LogP contribution is -2.35. The Morgan fingerprint density at radius 1 is 0.882 bits per heavy atom. The average molecular weight is 503 g/mol. The van der Waals surface area contributed by atoms with Crippen LogP contribution in [0.4, 0.5) is 11.4 Å². The molecule has 0 bridgehead atoms. The van der Waals surface area contributed by atoms with Crippen molar-refractivity contribution in [3.05, 3.63) is 71.8 Å². The molecule has 3 aromatic carbocycles. The van der Waals surface area contributed by atoms with Crippen LogP contribution in [0.25, 0.3) is 0 Å². The second-order valence-corrected chi connectivity index (χ2v) is 11.5. The zero-order chi connectivity index (χ0) is 24.5. The number of hydrogen-bond acceptors (Lipinski definition) is 6. The number of anilines is 2. The molecule has 10 heteroatoms. The Morgan fingerprint density at radius 2 is 1.62 bits per heavy atom. The molecule has 4 rings (SSSR count). The summed E-state index contributed by atoms with van der Waals surface area (Å²) in [4.78, 5) is 0.163. The van der Waals surface area contributed by atoms with Gasteiger partial charge in [-0.2, -0.15) is 0 Å². The van der Waals surface area contributed by atoms with Crippen molar-refractivity contribution in [3.63, 3.8) is 0 Å². The molecule has 1 aliphatic heterocycles. The van der Waals surface area contributed by atoms with Gasteiger partial charge in [-0.05, 0) is 67.8 Å². The molecule has 0 unspecified atom stereocenters. The van der Waals surface area contributed by atoms with E-state index in [0.29, 0.717) is 36.5 Å². The molecule has 1 heterocycles. The first-order chi connectivity index (χ1) is 16.2. The molecule has 34 heavy (non-hydrogen) atoms. The number of hydrogen-bond donors (Lipinski definition) is 1. The molecule has 0 aliphatic carbocycles. The van der Waals surface area contributed by atoms with Crippen molar-refractivity contribution in [1.29, 1.82) is 0 Å².